The summed E-state index contributed by atoms with van der Waals surface area (Å²) in [6, 6.07) is 14.0. The Morgan fingerprint density at radius 2 is 1.93 bits per heavy atom. The molecule has 1 aliphatic rings. The highest BCUT2D eigenvalue weighted by Gasteiger charge is 2.30. The van der Waals surface area contributed by atoms with E-state index in [1.54, 1.807) is 14.2 Å². The lowest BCUT2D eigenvalue weighted by Crippen LogP contribution is -2.33. The molecule has 3 rings (SSSR count). The van der Waals surface area contributed by atoms with E-state index in [1.165, 1.54) is 5.56 Å². The van der Waals surface area contributed by atoms with Crippen molar-refractivity contribution < 1.29 is 14.3 Å². The zero-order valence-corrected chi connectivity index (χ0v) is 16.3. The molecule has 0 bridgehead atoms. The SMILES string of the molecule is CCc1ccc(NC(=O)CN2CCC[C@H]2c2cc(OC)ccc2OC)cc1. The molecule has 1 fully saturated rings. The Hall–Kier alpha value is -2.53. The molecule has 5 nitrogen and oxygen atoms in total. The van der Waals surface area contributed by atoms with Crippen molar-refractivity contribution in [2.75, 3.05) is 32.6 Å². The molecular formula is C22H28N2O3. The summed E-state index contributed by atoms with van der Waals surface area (Å²) in [6.45, 7) is 3.38. The van der Waals surface area contributed by atoms with Crippen LogP contribution in [0.15, 0.2) is 42.5 Å². The fourth-order valence-electron chi connectivity index (χ4n) is 3.68. The summed E-state index contributed by atoms with van der Waals surface area (Å²) in [6.07, 6.45) is 3.05. The molecule has 1 saturated heterocycles. The van der Waals surface area contributed by atoms with Gasteiger partial charge in [-0.2, -0.15) is 0 Å². The lowest BCUT2D eigenvalue weighted by molar-refractivity contribution is -0.117. The monoisotopic (exact) mass is 368 g/mol. The van der Waals surface area contributed by atoms with Gasteiger partial charge >= 0.3 is 0 Å². The fourth-order valence-corrected chi connectivity index (χ4v) is 3.68. The molecule has 1 heterocycles. The number of ether oxygens (including phenoxy) is 2. The van der Waals surface area contributed by atoms with Crippen molar-refractivity contribution in [2.45, 2.75) is 32.2 Å². The molecule has 1 amide bonds. The molecule has 1 aliphatic heterocycles. The van der Waals surface area contributed by atoms with Crippen LogP contribution in [0.3, 0.4) is 0 Å². The minimum atomic E-state index is 0.00742. The van der Waals surface area contributed by atoms with Gasteiger partial charge in [0.25, 0.3) is 0 Å². The number of nitrogens with zero attached hydrogens (tertiary/aromatic N) is 1. The van der Waals surface area contributed by atoms with Crippen LogP contribution in [0.25, 0.3) is 0 Å². The van der Waals surface area contributed by atoms with Crippen LogP contribution in [0.5, 0.6) is 11.5 Å². The van der Waals surface area contributed by atoms with Crippen molar-refractivity contribution in [3.8, 4) is 11.5 Å². The molecule has 2 aromatic rings. The maximum absolute atomic E-state index is 12.6. The van der Waals surface area contributed by atoms with Crippen molar-refractivity contribution in [3.63, 3.8) is 0 Å². The third-order valence-corrected chi connectivity index (χ3v) is 5.15. The highest BCUT2D eigenvalue weighted by atomic mass is 16.5. The summed E-state index contributed by atoms with van der Waals surface area (Å²) in [4.78, 5) is 14.8. The van der Waals surface area contributed by atoms with Crippen molar-refractivity contribution in [2.24, 2.45) is 0 Å². The number of hydrogen-bond donors (Lipinski definition) is 1. The van der Waals surface area contributed by atoms with Crippen LogP contribution in [0, 0.1) is 0 Å². The summed E-state index contributed by atoms with van der Waals surface area (Å²) in [7, 11) is 3.34. The van der Waals surface area contributed by atoms with Crippen molar-refractivity contribution in [1.82, 2.24) is 4.90 Å². The van der Waals surface area contributed by atoms with E-state index < -0.39 is 0 Å². The van der Waals surface area contributed by atoms with E-state index in [2.05, 4.69) is 29.3 Å². The average Bonchev–Trinajstić information content (AvgIpc) is 3.15. The number of hydrogen-bond acceptors (Lipinski definition) is 4. The third-order valence-electron chi connectivity index (χ3n) is 5.15. The molecule has 5 heteroatoms. The number of amides is 1. The first-order valence-electron chi connectivity index (χ1n) is 9.49. The number of methoxy groups -OCH3 is 2. The van der Waals surface area contributed by atoms with Crippen LogP contribution in [-0.4, -0.2) is 38.1 Å². The van der Waals surface area contributed by atoms with E-state index in [1.807, 2.05) is 30.3 Å². The van der Waals surface area contributed by atoms with Gasteiger partial charge in [-0.3, -0.25) is 9.69 Å². The average molecular weight is 368 g/mol. The maximum Gasteiger partial charge on any atom is 0.238 e. The zero-order valence-electron chi connectivity index (χ0n) is 16.3. The smallest absolute Gasteiger partial charge is 0.238 e. The lowest BCUT2D eigenvalue weighted by Gasteiger charge is -2.26. The predicted octanol–water partition coefficient (Wildman–Crippen LogP) is 4.04. The number of likely N-dealkylation sites (tertiary alicyclic amines) is 1. The summed E-state index contributed by atoms with van der Waals surface area (Å²) < 4.78 is 10.9. The largest absolute Gasteiger partial charge is 0.497 e. The van der Waals surface area contributed by atoms with Crippen LogP contribution >= 0.6 is 0 Å². The van der Waals surface area contributed by atoms with Gasteiger partial charge in [0.15, 0.2) is 0 Å². The molecule has 2 aromatic carbocycles. The number of benzene rings is 2. The quantitative estimate of drug-likeness (QED) is 0.801. The fraction of sp³-hybridized carbons (Fsp3) is 0.409. The summed E-state index contributed by atoms with van der Waals surface area (Å²) in [5, 5.41) is 3.01. The number of rotatable bonds is 7. The summed E-state index contributed by atoms with van der Waals surface area (Å²) >= 11 is 0. The van der Waals surface area contributed by atoms with E-state index in [9.17, 15) is 4.79 Å². The van der Waals surface area contributed by atoms with Gasteiger partial charge in [-0.15, -0.1) is 0 Å². The number of carbonyl (C=O) groups excluding carboxylic acids is 1. The topological polar surface area (TPSA) is 50.8 Å². The Morgan fingerprint density at radius 3 is 2.59 bits per heavy atom. The summed E-state index contributed by atoms with van der Waals surface area (Å²) in [5.74, 6) is 1.65. The Kier molecular flexibility index (Phi) is 6.35. The minimum Gasteiger partial charge on any atom is -0.497 e. The Balaban J connectivity index is 1.70. The molecular weight excluding hydrogens is 340 g/mol. The van der Waals surface area contributed by atoms with Gasteiger partial charge in [0.2, 0.25) is 5.91 Å². The Labute approximate surface area is 161 Å². The maximum atomic E-state index is 12.6. The van der Waals surface area contributed by atoms with Crippen LogP contribution in [0.1, 0.15) is 36.9 Å². The van der Waals surface area contributed by atoms with Gasteiger partial charge in [-0.1, -0.05) is 19.1 Å². The standard InChI is InChI=1S/C22H28N2O3/c1-4-16-7-9-17(10-8-16)23-22(25)15-24-13-5-6-20(24)19-14-18(26-2)11-12-21(19)27-3/h7-12,14,20H,4-6,13,15H2,1-3H3,(H,23,25)/t20-/m0/s1. The first-order chi connectivity index (χ1) is 13.1. The second kappa shape index (κ2) is 8.91. The van der Waals surface area contributed by atoms with E-state index >= 15 is 0 Å². The second-order valence-electron chi connectivity index (χ2n) is 6.84. The van der Waals surface area contributed by atoms with Crippen LogP contribution in [0.4, 0.5) is 5.69 Å². The summed E-state index contributed by atoms with van der Waals surface area (Å²) in [5.41, 5.74) is 3.18. The second-order valence-corrected chi connectivity index (χ2v) is 6.84. The van der Waals surface area contributed by atoms with Gasteiger partial charge in [0.05, 0.1) is 20.8 Å². The van der Waals surface area contributed by atoms with Crippen LogP contribution < -0.4 is 14.8 Å². The first-order valence-corrected chi connectivity index (χ1v) is 9.49. The van der Waals surface area contributed by atoms with Crippen molar-refractivity contribution in [3.05, 3.63) is 53.6 Å². The van der Waals surface area contributed by atoms with Gasteiger partial charge in [-0.25, -0.2) is 0 Å². The third kappa shape index (κ3) is 4.61. The predicted molar refractivity (Wildman–Crippen MR) is 108 cm³/mol. The highest BCUT2D eigenvalue weighted by Crippen LogP contribution is 2.38. The highest BCUT2D eigenvalue weighted by molar-refractivity contribution is 5.92. The molecule has 1 N–H and O–H groups in total. The first kappa shape index (κ1) is 19.2. The number of carbonyl (C=O) groups is 1. The zero-order chi connectivity index (χ0) is 19.2. The van der Waals surface area contributed by atoms with Gasteiger partial charge in [0.1, 0.15) is 11.5 Å². The molecule has 0 unspecified atom stereocenters. The number of aryl methyl sites for hydroxylation is 1. The van der Waals surface area contributed by atoms with E-state index in [4.69, 9.17) is 9.47 Å². The molecule has 144 valence electrons. The minimum absolute atomic E-state index is 0.00742. The lowest BCUT2D eigenvalue weighted by atomic mass is 10.0. The number of nitrogens with one attached hydrogen (secondary N) is 1. The van der Waals surface area contributed by atoms with Gasteiger partial charge in [-0.05, 0) is 61.7 Å². The van der Waals surface area contributed by atoms with Gasteiger partial charge in [0, 0.05) is 17.3 Å². The number of anilines is 1. The molecule has 27 heavy (non-hydrogen) atoms. The molecule has 1 atom stereocenters. The molecule has 0 aromatic heterocycles. The Morgan fingerprint density at radius 1 is 1.15 bits per heavy atom. The Bertz CT molecular complexity index is 774. The van der Waals surface area contributed by atoms with E-state index in [-0.39, 0.29) is 11.9 Å². The normalized spacial score (nSPS) is 16.9. The van der Waals surface area contributed by atoms with Crippen molar-refractivity contribution >= 4 is 11.6 Å². The molecule has 0 radical (unpaired) electrons. The van der Waals surface area contributed by atoms with E-state index in [0.717, 1.165) is 48.6 Å². The molecule has 0 saturated carbocycles. The van der Waals surface area contributed by atoms with E-state index in [0.29, 0.717) is 6.54 Å². The molecule has 0 aliphatic carbocycles. The molecule has 0 spiro atoms. The van der Waals surface area contributed by atoms with Crippen molar-refractivity contribution in [1.29, 1.82) is 0 Å². The van der Waals surface area contributed by atoms with Gasteiger partial charge < -0.3 is 14.8 Å². The van der Waals surface area contributed by atoms with Crippen LogP contribution in [-0.2, 0) is 11.2 Å². The van der Waals surface area contributed by atoms with Crippen LogP contribution in [0.2, 0.25) is 0 Å².